The van der Waals surface area contributed by atoms with E-state index in [1.54, 1.807) is 32.2 Å². The van der Waals surface area contributed by atoms with Crippen LogP contribution in [0.15, 0.2) is 46.1 Å². The molecule has 0 aliphatic carbocycles. The molecule has 0 atom stereocenters. The van der Waals surface area contributed by atoms with Crippen molar-refractivity contribution < 1.29 is 12.8 Å². The maximum atomic E-state index is 13.6. The van der Waals surface area contributed by atoms with Crippen molar-refractivity contribution in [1.29, 1.82) is 0 Å². The summed E-state index contributed by atoms with van der Waals surface area (Å²) < 4.78 is 42.8. The topological polar surface area (TPSA) is 68.2 Å². The Labute approximate surface area is 136 Å². The summed E-state index contributed by atoms with van der Waals surface area (Å²) >= 11 is 1.03. The lowest BCUT2D eigenvalue weighted by Crippen LogP contribution is -2.13. The van der Waals surface area contributed by atoms with Crippen molar-refractivity contribution >= 4 is 37.3 Å². The molecule has 0 aliphatic heterocycles. The van der Waals surface area contributed by atoms with E-state index in [2.05, 4.69) is 4.72 Å². The number of rotatable bonds is 3. The lowest BCUT2D eigenvalue weighted by molar-refractivity contribution is 0.593. The molecule has 1 aromatic heterocycles. The van der Waals surface area contributed by atoms with E-state index in [9.17, 15) is 17.6 Å². The number of hydrogen-bond donors (Lipinski definition) is 1. The van der Waals surface area contributed by atoms with Gasteiger partial charge >= 0.3 is 4.87 Å². The summed E-state index contributed by atoms with van der Waals surface area (Å²) in [6, 6.07) is 8.56. The first-order valence-corrected chi connectivity index (χ1v) is 8.96. The van der Waals surface area contributed by atoms with Crippen molar-refractivity contribution in [2.45, 2.75) is 11.8 Å². The predicted octanol–water partition coefficient (Wildman–Crippen LogP) is 2.85. The van der Waals surface area contributed by atoms with Crippen LogP contribution in [-0.2, 0) is 17.1 Å². The smallest absolute Gasteiger partial charge is 0.302 e. The molecule has 3 aromatic rings. The molecule has 0 bridgehead atoms. The molecule has 2 aromatic carbocycles. The van der Waals surface area contributed by atoms with Crippen LogP contribution >= 0.6 is 11.3 Å². The summed E-state index contributed by atoms with van der Waals surface area (Å²) in [5, 5.41) is 0. The van der Waals surface area contributed by atoms with E-state index >= 15 is 0 Å². The molecule has 5 nitrogen and oxygen atoms in total. The zero-order valence-corrected chi connectivity index (χ0v) is 14.0. The van der Waals surface area contributed by atoms with Gasteiger partial charge in [0.05, 0.1) is 20.8 Å². The van der Waals surface area contributed by atoms with E-state index in [4.69, 9.17) is 0 Å². The van der Waals surface area contributed by atoms with Crippen LogP contribution in [0.3, 0.4) is 0 Å². The highest BCUT2D eigenvalue weighted by molar-refractivity contribution is 7.92. The van der Waals surface area contributed by atoms with Gasteiger partial charge in [-0.25, -0.2) is 12.8 Å². The SMILES string of the molecule is Cc1ccc(S(=O)(=O)Nc2ccc3c(c2)sc(=O)n3C)cc1F. The van der Waals surface area contributed by atoms with Crippen LogP contribution in [-0.4, -0.2) is 13.0 Å². The van der Waals surface area contributed by atoms with Crippen molar-refractivity contribution in [1.82, 2.24) is 4.57 Å². The molecule has 0 aliphatic rings. The summed E-state index contributed by atoms with van der Waals surface area (Å²) in [5.74, 6) is -0.579. The number of fused-ring (bicyclic) bond motifs is 1. The van der Waals surface area contributed by atoms with Crippen molar-refractivity contribution in [2.24, 2.45) is 7.05 Å². The molecular weight excluding hydrogens is 339 g/mol. The third-order valence-corrected chi connectivity index (χ3v) is 5.87. The molecule has 8 heteroatoms. The van der Waals surface area contributed by atoms with Crippen LogP contribution in [0, 0.1) is 12.7 Å². The first-order chi connectivity index (χ1) is 10.8. The Hall–Kier alpha value is -2.19. The fourth-order valence-corrected chi connectivity index (χ4v) is 4.13. The number of aromatic nitrogens is 1. The molecule has 23 heavy (non-hydrogen) atoms. The summed E-state index contributed by atoms with van der Waals surface area (Å²) in [5.41, 5.74) is 1.42. The highest BCUT2D eigenvalue weighted by Gasteiger charge is 2.16. The number of benzene rings is 2. The zero-order chi connectivity index (χ0) is 16.8. The third kappa shape index (κ3) is 2.87. The van der Waals surface area contributed by atoms with Crippen molar-refractivity contribution in [2.75, 3.05) is 4.72 Å². The molecule has 1 heterocycles. The van der Waals surface area contributed by atoms with Crippen molar-refractivity contribution in [3.05, 3.63) is 57.4 Å². The van der Waals surface area contributed by atoms with Gasteiger partial charge in [-0.1, -0.05) is 17.4 Å². The zero-order valence-electron chi connectivity index (χ0n) is 12.3. The number of anilines is 1. The van der Waals surface area contributed by atoms with E-state index in [0.29, 0.717) is 16.0 Å². The quantitative estimate of drug-likeness (QED) is 0.788. The minimum absolute atomic E-state index is 0.124. The van der Waals surface area contributed by atoms with Crippen LogP contribution in [0.4, 0.5) is 10.1 Å². The number of hydrogen-bond acceptors (Lipinski definition) is 4. The summed E-state index contributed by atoms with van der Waals surface area (Å²) in [6.45, 7) is 1.56. The first kappa shape index (κ1) is 15.7. The Balaban J connectivity index is 1.99. The van der Waals surface area contributed by atoms with Gasteiger partial charge in [0, 0.05) is 7.05 Å². The second kappa shape index (κ2) is 5.47. The second-order valence-electron chi connectivity index (χ2n) is 5.13. The fraction of sp³-hybridized carbons (Fsp3) is 0.133. The molecular formula is C15H13FN2O3S2. The number of thiazole rings is 1. The molecule has 0 spiro atoms. The highest BCUT2D eigenvalue weighted by atomic mass is 32.2. The van der Waals surface area contributed by atoms with Crippen molar-refractivity contribution in [3.63, 3.8) is 0 Å². The van der Waals surface area contributed by atoms with Crippen LogP contribution in [0.1, 0.15) is 5.56 Å². The lowest BCUT2D eigenvalue weighted by Gasteiger charge is -2.09. The Morgan fingerprint density at radius 3 is 2.61 bits per heavy atom. The molecule has 0 amide bonds. The average Bonchev–Trinajstić information content (AvgIpc) is 2.76. The molecule has 3 rings (SSSR count). The normalized spacial score (nSPS) is 11.8. The standard InChI is InChI=1S/C15H13FN2O3S2/c1-9-3-5-11(8-12(9)16)23(20,21)17-10-4-6-13-14(7-10)22-15(19)18(13)2/h3-8,17H,1-2H3. The van der Waals surface area contributed by atoms with Gasteiger partial charge < -0.3 is 4.57 Å². The number of aryl methyl sites for hydroxylation is 2. The van der Waals surface area contributed by atoms with Gasteiger partial charge in [0.2, 0.25) is 0 Å². The van der Waals surface area contributed by atoms with Crippen LogP contribution in [0.5, 0.6) is 0 Å². The highest BCUT2D eigenvalue weighted by Crippen LogP contribution is 2.24. The lowest BCUT2D eigenvalue weighted by atomic mass is 10.2. The van der Waals surface area contributed by atoms with Gasteiger partial charge in [-0.2, -0.15) is 0 Å². The predicted molar refractivity (Wildman–Crippen MR) is 89.0 cm³/mol. The van der Waals surface area contributed by atoms with Gasteiger partial charge in [0.15, 0.2) is 0 Å². The molecule has 0 fully saturated rings. The number of sulfonamides is 1. The van der Waals surface area contributed by atoms with Gasteiger partial charge in [-0.15, -0.1) is 0 Å². The van der Waals surface area contributed by atoms with E-state index in [1.165, 1.54) is 16.7 Å². The van der Waals surface area contributed by atoms with E-state index in [-0.39, 0.29) is 9.77 Å². The van der Waals surface area contributed by atoms with Crippen molar-refractivity contribution in [3.8, 4) is 0 Å². The summed E-state index contributed by atoms with van der Waals surface area (Å²) in [7, 11) is -2.24. The van der Waals surface area contributed by atoms with Gasteiger partial charge in [-0.3, -0.25) is 9.52 Å². The van der Waals surface area contributed by atoms with Gasteiger partial charge in [-0.05, 0) is 42.8 Å². The van der Waals surface area contributed by atoms with Crippen LogP contribution in [0.25, 0.3) is 10.2 Å². The number of halogens is 1. The monoisotopic (exact) mass is 352 g/mol. The largest absolute Gasteiger partial charge is 0.307 e. The van der Waals surface area contributed by atoms with Crippen LogP contribution in [0.2, 0.25) is 0 Å². The molecule has 0 saturated carbocycles. The summed E-state index contributed by atoms with van der Waals surface area (Å²) in [4.78, 5) is 11.4. The summed E-state index contributed by atoms with van der Waals surface area (Å²) in [6.07, 6.45) is 0. The molecule has 0 unspecified atom stereocenters. The minimum atomic E-state index is -3.89. The molecule has 0 radical (unpaired) electrons. The fourth-order valence-electron chi connectivity index (χ4n) is 2.15. The van der Waals surface area contributed by atoms with Gasteiger partial charge in [0.25, 0.3) is 10.0 Å². The number of nitrogens with one attached hydrogen (secondary N) is 1. The maximum absolute atomic E-state index is 13.6. The minimum Gasteiger partial charge on any atom is -0.302 e. The Kier molecular flexibility index (Phi) is 3.73. The van der Waals surface area contributed by atoms with Gasteiger partial charge in [0.1, 0.15) is 5.82 Å². The number of nitrogens with zero attached hydrogens (tertiary/aromatic N) is 1. The van der Waals surface area contributed by atoms with E-state index in [0.717, 1.165) is 22.9 Å². The van der Waals surface area contributed by atoms with Crippen LogP contribution < -0.4 is 9.60 Å². The second-order valence-corrected chi connectivity index (χ2v) is 7.80. The molecule has 0 saturated heterocycles. The first-order valence-electron chi connectivity index (χ1n) is 6.66. The Morgan fingerprint density at radius 2 is 1.91 bits per heavy atom. The maximum Gasteiger partial charge on any atom is 0.307 e. The third-order valence-electron chi connectivity index (χ3n) is 3.50. The molecule has 120 valence electrons. The van der Waals surface area contributed by atoms with E-state index in [1.807, 2.05) is 0 Å². The van der Waals surface area contributed by atoms with E-state index < -0.39 is 15.8 Å². The Morgan fingerprint density at radius 1 is 1.17 bits per heavy atom. The average molecular weight is 352 g/mol. The molecule has 1 N–H and O–H groups in total. The Bertz CT molecular complexity index is 1070.